The molecule has 84 heavy (non-hydrogen) atoms. The average molecular weight is 1260 g/mol. The lowest BCUT2D eigenvalue weighted by atomic mass is 9.95. The SMILES string of the molecule is COc1ccc(C(c2ccc(OC)cc2)N(CCc2ccc(Br)cc2)CC(=O)c2ccc3c(c2)COC(C)(C)O3)cc1.COc1ccc(C(c2ccc(OC)cc2)N(CCc2ccc(Br)cc2)CC(O)c2ccc3c(c2)COC(C)(C)O3)cc1. The number of aliphatic hydroxyl groups is 1. The number of fused-ring (bicyclic) bond motifs is 2. The van der Waals surface area contributed by atoms with E-state index in [-0.39, 0.29) is 24.4 Å². The third kappa shape index (κ3) is 16.2. The van der Waals surface area contributed by atoms with E-state index in [1.165, 1.54) is 11.1 Å². The molecule has 0 fully saturated rings. The summed E-state index contributed by atoms with van der Waals surface area (Å²) in [5, 5.41) is 11.7. The number of ether oxygens (including phenoxy) is 8. The molecule has 438 valence electrons. The highest BCUT2D eigenvalue weighted by Crippen LogP contribution is 2.38. The molecule has 1 N–H and O–H groups in total. The van der Waals surface area contributed by atoms with E-state index in [0.717, 1.165) is 102 Å². The number of nitrogens with zero attached hydrogens (tertiary/aromatic N) is 2. The molecule has 8 aromatic rings. The Balaban J connectivity index is 0.000000202. The van der Waals surface area contributed by atoms with E-state index in [9.17, 15) is 9.90 Å². The number of methoxy groups -OCH3 is 4. The zero-order valence-corrected chi connectivity index (χ0v) is 52.2. The van der Waals surface area contributed by atoms with Gasteiger partial charge in [-0.05, 0) is 155 Å². The quantitative estimate of drug-likeness (QED) is 0.0651. The van der Waals surface area contributed by atoms with Gasteiger partial charge in [-0.1, -0.05) is 111 Å². The molecule has 0 aromatic heterocycles. The summed E-state index contributed by atoms with van der Waals surface area (Å²) >= 11 is 7.07. The van der Waals surface area contributed by atoms with Gasteiger partial charge < -0.3 is 43.0 Å². The molecule has 0 saturated heterocycles. The van der Waals surface area contributed by atoms with Crippen LogP contribution in [0.3, 0.4) is 0 Å². The first-order chi connectivity index (χ1) is 40.5. The number of carbonyl (C=O) groups excluding carboxylic acids is 1. The van der Waals surface area contributed by atoms with Crippen LogP contribution >= 0.6 is 31.9 Å². The van der Waals surface area contributed by atoms with Crippen LogP contribution in [-0.4, -0.2) is 86.9 Å². The molecule has 0 amide bonds. The summed E-state index contributed by atoms with van der Waals surface area (Å²) in [6.07, 6.45) is 0.878. The third-order valence-electron chi connectivity index (χ3n) is 15.1. The number of hydrogen-bond donors (Lipinski definition) is 1. The first-order valence-corrected chi connectivity index (χ1v) is 29.7. The molecular weight excluding hydrogens is 1190 g/mol. The van der Waals surface area contributed by atoms with Crippen molar-refractivity contribution in [3.8, 4) is 34.5 Å². The van der Waals surface area contributed by atoms with Crippen molar-refractivity contribution in [2.24, 2.45) is 0 Å². The lowest BCUT2D eigenvalue weighted by Gasteiger charge is -2.35. The van der Waals surface area contributed by atoms with Crippen molar-refractivity contribution >= 4 is 37.6 Å². The van der Waals surface area contributed by atoms with Crippen LogP contribution in [0.5, 0.6) is 34.5 Å². The van der Waals surface area contributed by atoms with E-state index >= 15 is 0 Å². The van der Waals surface area contributed by atoms with Crippen molar-refractivity contribution in [3.05, 3.63) is 247 Å². The zero-order chi connectivity index (χ0) is 59.4. The predicted octanol–water partition coefficient (Wildman–Crippen LogP) is 15.1. The number of rotatable bonds is 22. The minimum absolute atomic E-state index is 0.0328. The summed E-state index contributed by atoms with van der Waals surface area (Å²) in [5.74, 6) is 3.40. The molecule has 2 aliphatic heterocycles. The smallest absolute Gasteiger partial charge is 0.205 e. The number of hydrogen-bond acceptors (Lipinski definition) is 12. The van der Waals surface area contributed by atoms with Crippen LogP contribution in [0.2, 0.25) is 0 Å². The minimum Gasteiger partial charge on any atom is -0.497 e. The van der Waals surface area contributed by atoms with Gasteiger partial charge in [0, 0.05) is 73.0 Å². The molecule has 2 aliphatic rings. The van der Waals surface area contributed by atoms with Gasteiger partial charge in [0.15, 0.2) is 5.78 Å². The van der Waals surface area contributed by atoms with Gasteiger partial charge in [-0.25, -0.2) is 0 Å². The lowest BCUT2D eigenvalue weighted by molar-refractivity contribution is -0.180. The number of Topliss-reactive ketones (excluding diaryl/α,β-unsaturated/α-hetero) is 1. The van der Waals surface area contributed by atoms with E-state index in [2.05, 4.69) is 127 Å². The molecule has 1 unspecified atom stereocenters. The van der Waals surface area contributed by atoms with Gasteiger partial charge in [0.2, 0.25) is 11.6 Å². The first-order valence-electron chi connectivity index (χ1n) is 28.1. The van der Waals surface area contributed by atoms with Crippen LogP contribution in [0, 0.1) is 0 Å². The summed E-state index contributed by atoms with van der Waals surface area (Å²) in [7, 11) is 6.67. The maximum atomic E-state index is 13.9. The van der Waals surface area contributed by atoms with Crippen LogP contribution in [0.25, 0.3) is 0 Å². The van der Waals surface area contributed by atoms with Crippen LogP contribution in [0.1, 0.15) is 106 Å². The van der Waals surface area contributed by atoms with Crippen LogP contribution in [0.15, 0.2) is 191 Å². The van der Waals surface area contributed by atoms with Gasteiger partial charge >= 0.3 is 0 Å². The number of ketones is 1. The summed E-state index contributed by atoms with van der Waals surface area (Å²) in [4.78, 5) is 18.5. The fraction of sp³-hybridized carbons (Fsp3) is 0.300. The van der Waals surface area contributed by atoms with Crippen LogP contribution in [-0.2, 0) is 35.5 Å². The van der Waals surface area contributed by atoms with Crippen molar-refractivity contribution in [2.75, 3.05) is 54.6 Å². The molecule has 12 nitrogen and oxygen atoms in total. The van der Waals surface area contributed by atoms with E-state index in [1.54, 1.807) is 28.4 Å². The molecule has 0 radical (unpaired) electrons. The van der Waals surface area contributed by atoms with Crippen molar-refractivity contribution in [1.82, 2.24) is 9.80 Å². The Morgan fingerprint density at radius 1 is 0.488 bits per heavy atom. The van der Waals surface area contributed by atoms with Crippen molar-refractivity contribution in [1.29, 1.82) is 0 Å². The Bertz CT molecular complexity index is 3320. The molecule has 0 bridgehead atoms. The molecule has 1 atom stereocenters. The Kier molecular flexibility index (Phi) is 20.7. The molecule has 10 rings (SSSR count). The summed E-state index contributed by atoms with van der Waals surface area (Å²) in [5.41, 5.74) is 10.1. The predicted molar refractivity (Wildman–Crippen MR) is 336 cm³/mol. The van der Waals surface area contributed by atoms with Gasteiger partial charge in [-0.3, -0.25) is 14.6 Å². The topological polar surface area (TPSA) is 118 Å². The monoisotopic (exact) mass is 1260 g/mol. The maximum absolute atomic E-state index is 13.9. The zero-order valence-electron chi connectivity index (χ0n) is 49.0. The average Bonchev–Trinajstić information content (AvgIpc) is 2.65. The minimum atomic E-state index is -0.728. The lowest BCUT2D eigenvalue weighted by Crippen LogP contribution is -2.37. The number of benzene rings is 8. The summed E-state index contributed by atoms with van der Waals surface area (Å²) in [6.45, 7) is 10.5. The van der Waals surface area contributed by atoms with Crippen LogP contribution in [0.4, 0.5) is 0 Å². The van der Waals surface area contributed by atoms with Gasteiger partial charge in [-0.2, -0.15) is 0 Å². The molecule has 0 spiro atoms. The Hall–Kier alpha value is -7.01. The van der Waals surface area contributed by atoms with Crippen LogP contribution < -0.4 is 28.4 Å². The molecule has 2 heterocycles. The largest absolute Gasteiger partial charge is 0.497 e. The van der Waals surface area contributed by atoms with Gasteiger partial charge in [-0.15, -0.1) is 0 Å². The van der Waals surface area contributed by atoms with E-state index < -0.39 is 17.7 Å². The number of aliphatic hydroxyl groups excluding tert-OH is 1. The maximum Gasteiger partial charge on any atom is 0.205 e. The molecule has 14 heteroatoms. The Morgan fingerprint density at radius 3 is 1.25 bits per heavy atom. The molecular formula is C70H74Br2N2O10. The highest BCUT2D eigenvalue weighted by molar-refractivity contribution is 9.10. The Morgan fingerprint density at radius 2 is 0.845 bits per heavy atom. The number of carbonyl (C=O) groups is 1. The van der Waals surface area contributed by atoms with Crippen molar-refractivity contribution < 1.29 is 47.8 Å². The first kappa shape index (κ1) is 61.5. The molecule has 8 aromatic carbocycles. The molecule has 0 saturated carbocycles. The second kappa shape index (κ2) is 28.3. The van der Waals surface area contributed by atoms with Crippen molar-refractivity contribution in [3.63, 3.8) is 0 Å². The third-order valence-corrected chi connectivity index (χ3v) is 16.2. The fourth-order valence-electron chi connectivity index (χ4n) is 10.5. The second-order valence-corrected chi connectivity index (χ2v) is 23.7. The molecule has 0 aliphatic carbocycles. The summed E-state index contributed by atoms with van der Waals surface area (Å²) < 4.78 is 47.5. The standard InChI is InChI=1S/C35H38BrNO5.C35H36BrNO5/c2*1-35(2)41-23-28-21-27(11-18-33(28)42-35)32(38)22-37(20-19-24-5-12-29(36)13-6-24)34(25-7-14-30(39-3)15-8-25)26-9-16-31(40-4)17-10-26/h5-18,21,32,34,38H,19-20,22-23H2,1-4H3;5-18,21,34H,19-20,22-23H2,1-4H3. The second-order valence-electron chi connectivity index (χ2n) is 21.8. The van der Waals surface area contributed by atoms with Crippen molar-refractivity contribution in [2.45, 2.75) is 83.5 Å². The Labute approximate surface area is 511 Å². The van der Waals surface area contributed by atoms with E-state index in [1.807, 2.05) is 125 Å². The van der Waals surface area contributed by atoms with E-state index in [4.69, 9.17) is 37.9 Å². The van der Waals surface area contributed by atoms with Gasteiger partial charge in [0.1, 0.15) is 34.5 Å². The number of halogens is 2. The summed E-state index contributed by atoms with van der Waals surface area (Å²) in [6, 6.07) is 60.4. The fourth-order valence-corrected chi connectivity index (χ4v) is 11.1. The van der Waals surface area contributed by atoms with Gasteiger partial charge in [0.05, 0.1) is 66.4 Å². The normalized spacial score (nSPS) is 14.3. The highest BCUT2D eigenvalue weighted by atomic mass is 79.9. The highest BCUT2D eigenvalue weighted by Gasteiger charge is 2.32. The van der Waals surface area contributed by atoms with E-state index in [0.29, 0.717) is 31.9 Å². The van der Waals surface area contributed by atoms with Gasteiger partial charge in [0.25, 0.3) is 0 Å².